The molecule has 5 rings (SSSR count). The fraction of sp³-hybridized carbons (Fsp3) is 0.462. The van der Waals surface area contributed by atoms with Crippen molar-refractivity contribution in [2.45, 2.75) is 56.4 Å². The number of aryl methyl sites for hydroxylation is 2. The van der Waals surface area contributed by atoms with Crippen LogP contribution >= 0.6 is 0 Å². The van der Waals surface area contributed by atoms with Crippen LogP contribution in [0.25, 0.3) is 0 Å². The molecular formula is C26H32N2O4S. The smallest absolute Gasteiger partial charge is 0.257 e. The highest BCUT2D eigenvalue weighted by molar-refractivity contribution is 7.89. The Balaban J connectivity index is 1.38. The van der Waals surface area contributed by atoms with Gasteiger partial charge < -0.3 is 15.3 Å². The average Bonchev–Trinajstić information content (AvgIpc) is 3.13. The van der Waals surface area contributed by atoms with Crippen LogP contribution in [-0.4, -0.2) is 26.7 Å². The van der Waals surface area contributed by atoms with Crippen LogP contribution in [0.4, 0.5) is 0 Å². The van der Waals surface area contributed by atoms with E-state index in [9.17, 15) is 13.5 Å². The predicted molar refractivity (Wildman–Crippen MR) is 127 cm³/mol. The zero-order valence-electron chi connectivity index (χ0n) is 19.3. The van der Waals surface area contributed by atoms with Gasteiger partial charge >= 0.3 is 0 Å². The van der Waals surface area contributed by atoms with Gasteiger partial charge in [0.05, 0.1) is 11.0 Å². The number of ether oxygens (including phenoxy) is 1. The summed E-state index contributed by atoms with van der Waals surface area (Å²) in [5.41, 5.74) is 7.33. The van der Waals surface area contributed by atoms with Gasteiger partial charge in [0.25, 0.3) is 10.0 Å². The molecule has 0 amide bonds. The van der Waals surface area contributed by atoms with Crippen LogP contribution in [0.1, 0.15) is 48.8 Å². The number of hydrogen-bond donors (Lipinski definition) is 3. The number of rotatable bonds is 5. The summed E-state index contributed by atoms with van der Waals surface area (Å²) in [5.74, 6) is 1.45. The Morgan fingerprint density at radius 1 is 1.15 bits per heavy atom. The van der Waals surface area contributed by atoms with Crippen LogP contribution in [0.3, 0.4) is 0 Å². The predicted octanol–water partition coefficient (Wildman–Crippen LogP) is 4.16. The maximum absolute atomic E-state index is 12.8. The number of benzene rings is 2. The van der Waals surface area contributed by atoms with E-state index in [0.29, 0.717) is 17.6 Å². The van der Waals surface area contributed by atoms with Gasteiger partial charge in [-0.1, -0.05) is 36.8 Å². The van der Waals surface area contributed by atoms with Gasteiger partial charge in [0.15, 0.2) is 0 Å². The van der Waals surface area contributed by atoms with E-state index >= 15 is 0 Å². The van der Waals surface area contributed by atoms with Crippen LogP contribution in [0.5, 0.6) is 5.75 Å². The summed E-state index contributed by atoms with van der Waals surface area (Å²) in [5, 5.41) is 9.95. The van der Waals surface area contributed by atoms with Gasteiger partial charge in [-0.3, -0.25) is 0 Å². The molecule has 3 aliphatic carbocycles. The minimum absolute atomic E-state index is 0.0249. The van der Waals surface area contributed by atoms with Crippen LogP contribution in [0.15, 0.2) is 59.1 Å². The summed E-state index contributed by atoms with van der Waals surface area (Å²) in [6.07, 6.45) is 5.88. The van der Waals surface area contributed by atoms with Crippen molar-refractivity contribution in [1.82, 2.24) is 10.3 Å². The van der Waals surface area contributed by atoms with Gasteiger partial charge in [-0.15, -0.1) is 4.83 Å². The van der Waals surface area contributed by atoms with E-state index in [1.54, 1.807) is 37.4 Å². The molecule has 7 heteroatoms. The van der Waals surface area contributed by atoms with E-state index in [-0.39, 0.29) is 22.3 Å². The third-order valence-corrected chi connectivity index (χ3v) is 9.46. The van der Waals surface area contributed by atoms with Crippen LogP contribution in [0, 0.1) is 24.2 Å². The van der Waals surface area contributed by atoms with E-state index in [1.807, 2.05) is 13.0 Å². The van der Waals surface area contributed by atoms with Crippen molar-refractivity contribution < 1.29 is 18.3 Å². The second-order valence-corrected chi connectivity index (χ2v) is 11.7. The summed E-state index contributed by atoms with van der Waals surface area (Å²) in [7, 11) is -1.90. The zero-order valence-corrected chi connectivity index (χ0v) is 20.2. The Bertz CT molecular complexity index is 1190. The first-order chi connectivity index (χ1) is 15.7. The highest BCUT2D eigenvalue weighted by Gasteiger charge is 2.55. The van der Waals surface area contributed by atoms with Crippen molar-refractivity contribution in [1.29, 1.82) is 0 Å². The monoisotopic (exact) mass is 468 g/mol. The lowest BCUT2D eigenvalue weighted by atomic mass is 9.54. The number of nitrogens with one attached hydrogen (secondary N) is 2. The second kappa shape index (κ2) is 8.15. The SMILES string of the molecule is CO[C@H]1C[C@]2(C)C(NNS(=O)(=O)c3ccc(C)cc3)=CC[C@H]2[C@@H]2CCc3cc(O)ccc3[C@H]21. The first-order valence-corrected chi connectivity index (χ1v) is 13.1. The summed E-state index contributed by atoms with van der Waals surface area (Å²) < 4.78 is 31.7. The van der Waals surface area contributed by atoms with Gasteiger partial charge in [-0.2, -0.15) is 0 Å². The van der Waals surface area contributed by atoms with Gasteiger partial charge in [0.1, 0.15) is 5.75 Å². The van der Waals surface area contributed by atoms with E-state index in [2.05, 4.69) is 29.3 Å². The summed E-state index contributed by atoms with van der Waals surface area (Å²) in [4.78, 5) is 2.85. The number of aromatic hydroxyl groups is 1. The lowest BCUT2D eigenvalue weighted by Gasteiger charge is -2.53. The molecule has 3 aliphatic rings. The van der Waals surface area contributed by atoms with Crippen molar-refractivity contribution in [3.63, 3.8) is 0 Å². The molecule has 0 radical (unpaired) electrons. The summed E-state index contributed by atoms with van der Waals surface area (Å²) in [6, 6.07) is 12.6. The number of allylic oxidation sites excluding steroid dienone is 2. The van der Waals surface area contributed by atoms with Crippen LogP contribution in [0.2, 0.25) is 0 Å². The van der Waals surface area contributed by atoms with E-state index in [0.717, 1.165) is 36.9 Å². The van der Waals surface area contributed by atoms with Crippen molar-refractivity contribution in [2.75, 3.05) is 7.11 Å². The molecule has 3 N–H and O–H groups in total. The Kier molecular flexibility index (Phi) is 5.54. The van der Waals surface area contributed by atoms with Crippen LogP contribution in [-0.2, 0) is 21.2 Å². The number of fused-ring (bicyclic) bond motifs is 5. The maximum atomic E-state index is 12.8. The standard InChI is InChI=1S/C26H32N2O4S/c1-16-4-8-19(9-5-16)33(30,31)28-27-24-13-12-22-21-10-6-17-14-18(29)7-11-20(17)25(21)23(32-3)15-26(22,24)2/h4-5,7-9,11,13-14,21-23,25,27-29H,6,10,12,15H2,1-3H3/t21-,22-,23-,25+,26-/m0/s1. The van der Waals surface area contributed by atoms with Crippen molar-refractivity contribution in [2.24, 2.45) is 17.3 Å². The molecule has 0 aromatic heterocycles. The largest absolute Gasteiger partial charge is 0.508 e. The van der Waals surface area contributed by atoms with E-state index in [1.165, 1.54) is 11.1 Å². The molecule has 0 spiro atoms. The van der Waals surface area contributed by atoms with Gasteiger partial charge in [0, 0.05) is 24.1 Å². The fourth-order valence-electron chi connectivity index (χ4n) is 6.51. The van der Waals surface area contributed by atoms with Gasteiger partial charge in [0.2, 0.25) is 0 Å². The highest BCUT2D eigenvalue weighted by atomic mass is 32.2. The molecule has 0 saturated heterocycles. The molecule has 0 unspecified atom stereocenters. The minimum atomic E-state index is -3.67. The fourth-order valence-corrected chi connectivity index (χ4v) is 7.36. The van der Waals surface area contributed by atoms with Gasteiger partial charge in [-0.05, 0) is 79.8 Å². The molecule has 2 aromatic rings. The molecule has 33 heavy (non-hydrogen) atoms. The maximum Gasteiger partial charge on any atom is 0.257 e. The number of sulfonamides is 1. The lowest BCUT2D eigenvalue weighted by molar-refractivity contribution is -0.0516. The second-order valence-electron chi connectivity index (χ2n) is 10.0. The quantitative estimate of drug-likeness (QED) is 0.574. The van der Waals surface area contributed by atoms with E-state index < -0.39 is 10.0 Å². The van der Waals surface area contributed by atoms with Crippen molar-refractivity contribution >= 4 is 10.0 Å². The minimum Gasteiger partial charge on any atom is -0.508 e. The first-order valence-electron chi connectivity index (χ1n) is 11.6. The molecule has 0 aliphatic heterocycles. The topological polar surface area (TPSA) is 87.7 Å². The Morgan fingerprint density at radius 2 is 1.91 bits per heavy atom. The number of phenolic OH excluding ortho intramolecular Hbond substituents is 1. The third kappa shape index (κ3) is 3.76. The van der Waals surface area contributed by atoms with Gasteiger partial charge in [-0.25, -0.2) is 8.42 Å². The summed E-state index contributed by atoms with van der Waals surface area (Å²) >= 11 is 0. The molecule has 5 atom stereocenters. The zero-order chi connectivity index (χ0) is 23.4. The molecule has 6 nitrogen and oxygen atoms in total. The molecule has 1 fully saturated rings. The molecule has 2 aromatic carbocycles. The molecule has 0 heterocycles. The molecule has 176 valence electrons. The normalized spacial score (nSPS) is 30.7. The molecule has 1 saturated carbocycles. The average molecular weight is 469 g/mol. The number of methoxy groups -OCH3 is 1. The Morgan fingerprint density at radius 3 is 2.64 bits per heavy atom. The third-order valence-electron chi connectivity index (χ3n) is 8.20. The lowest BCUT2D eigenvalue weighted by Crippen LogP contribution is -2.51. The number of hydrazine groups is 1. The Labute approximate surface area is 196 Å². The Hall–Kier alpha value is -2.35. The first kappa shape index (κ1) is 22.4. The molecule has 0 bridgehead atoms. The van der Waals surface area contributed by atoms with Crippen molar-refractivity contribution in [3.05, 3.63) is 70.9 Å². The van der Waals surface area contributed by atoms with Crippen molar-refractivity contribution in [3.8, 4) is 5.75 Å². The number of phenols is 1. The number of hydrogen-bond acceptors (Lipinski definition) is 5. The summed E-state index contributed by atoms with van der Waals surface area (Å²) in [6.45, 7) is 4.17. The van der Waals surface area contributed by atoms with Crippen LogP contribution < -0.4 is 10.3 Å². The van der Waals surface area contributed by atoms with E-state index in [4.69, 9.17) is 4.74 Å². The highest BCUT2D eigenvalue weighted by Crippen LogP contribution is 2.61. The molecular weight excluding hydrogens is 436 g/mol.